The van der Waals surface area contributed by atoms with Crippen LogP contribution in [0.1, 0.15) is 24.8 Å². The van der Waals surface area contributed by atoms with Crippen molar-refractivity contribution in [3.63, 3.8) is 0 Å². The smallest absolute Gasteiger partial charge is 0.128 e. The number of nitrogens with zero attached hydrogens (tertiary/aromatic N) is 3. The van der Waals surface area contributed by atoms with Crippen LogP contribution in [0.15, 0.2) is 18.3 Å². The molecule has 0 spiro atoms. The van der Waals surface area contributed by atoms with E-state index >= 15 is 0 Å². The van der Waals surface area contributed by atoms with Gasteiger partial charge in [0, 0.05) is 53.1 Å². The SMILES string of the molecule is COCCN(C)c1ccc(CN2CC[C@H]3OCCC[C@H]3C2)cn1. The number of fused-ring (bicyclic) bond motifs is 1. The zero-order valence-corrected chi connectivity index (χ0v) is 14.4. The number of rotatable bonds is 6. The fourth-order valence-electron chi connectivity index (χ4n) is 3.64. The third-order valence-electron chi connectivity index (χ3n) is 5.04. The molecule has 0 unspecified atom stereocenters. The normalized spacial score (nSPS) is 25.1. The van der Waals surface area contributed by atoms with Crippen molar-refractivity contribution >= 4 is 5.82 Å². The molecule has 0 aromatic carbocycles. The van der Waals surface area contributed by atoms with Crippen molar-refractivity contribution in [1.82, 2.24) is 9.88 Å². The molecule has 1 aromatic heterocycles. The minimum Gasteiger partial charge on any atom is -0.383 e. The van der Waals surface area contributed by atoms with Crippen LogP contribution in [0.25, 0.3) is 0 Å². The Morgan fingerprint density at radius 3 is 3.09 bits per heavy atom. The van der Waals surface area contributed by atoms with E-state index in [0.29, 0.717) is 6.10 Å². The molecule has 2 fully saturated rings. The van der Waals surface area contributed by atoms with Crippen LogP contribution in [0.2, 0.25) is 0 Å². The lowest BCUT2D eigenvalue weighted by atomic mass is 9.88. The van der Waals surface area contributed by atoms with Gasteiger partial charge in [-0.3, -0.25) is 4.90 Å². The fourth-order valence-corrected chi connectivity index (χ4v) is 3.64. The number of pyridine rings is 1. The molecule has 0 N–H and O–H groups in total. The predicted molar refractivity (Wildman–Crippen MR) is 91.7 cm³/mol. The molecule has 2 atom stereocenters. The lowest BCUT2D eigenvalue weighted by Gasteiger charge is -2.41. The molecule has 3 heterocycles. The zero-order valence-electron chi connectivity index (χ0n) is 14.4. The van der Waals surface area contributed by atoms with Gasteiger partial charge in [0.05, 0.1) is 12.7 Å². The summed E-state index contributed by atoms with van der Waals surface area (Å²) in [7, 11) is 3.78. The lowest BCUT2D eigenvalue weighted by Crippen LogP contribution is -2.45. The third-order valence-corrected chi connectivity index (χ3v) is 5.04. The monoisotopic (exact) mass is 319 g/mol. The van der Waals surface area contributed by atoms with Gasteiger partial charge in [0.25, 0.3) is 0 Å². The van der Waals surface area contributed by atoms with Gasteiger partial charge in [0.15, 0.2) is 0 Å². The Hall–Kier alpha value is -1.17. The quantitative estimate of drug-likeness (QED) is 0.803. The topological polar surface area (TPSA) is 37.8 Å². The van der Waals surface area contributed by atoms with Crippen molar-refractivity contribution in [1.29, 1.82) is 0 Å². The van der Waals surface area contributed by atoms with Gasteiger partial charge in [-0.05, 0) is 36.8 Å². The highest BCUT2D eigenvalue weighted by atomic mass is 16.5. The van der Waals surface area contributed by atoms with E-state index in [2.05, 4.69) is 34.0 Å². The number of aromatic nitrogens is 1. The molecule has 0 saturated carbocycles. The second kappa shape index (κ2) is 8.08. The minimum absolute atomic E-state index is 0.509. The molecule has 2 aliphatic rings. The summed E-state index contributed by atoms with van der Waals surface area (Å²) in [5.74, 6) is 1.73. The molecule has 128 valence electrons. The molecular formula is C18H29N3O2. The lowest BCUT2D eigenvalue weighted by molar-refractivity contribution is -0.0676. The van der Waals surface area contributed by atoms with Crippen molar-refractivity contribution in [3.05, 3.63) is 23.9 Å². The van der Waals surface area contributed by atoms with Crippen molar-refractivity contribution in [2.75, 3.05) is 51.9 Å². The van der Waals surface area contributed by atoms with Gasteiger partial charge in [0.2, 0.25) is 0 Å². The summed E-state index contributed by atoms with van der Waals surface area (Å²) < 4.78 is 11.0. The molecule has 2 saturated heterocycles. The highest BCUT2D eigenvalue weighted by Crippen LogP contribution is 2.29. The van der Waals surface area contributed by atoms with Crippen molar-refractivity contribution in [2.24, 2.45) is 5.92 Å². The Balaban J connectivity index is 1.52. The van der Waals surface area contributed by atoms with Crippen LogP contribution in [0, 0.1) is 5.92 Å². The largest absolute Gasteiger partial charge is 0.383 e. The summed E-state index contributed by atoms with van der Waals surface area (Å²) in [5, 5.41) is 0. The molecule has 5 nitrogen and oxygen atoms in total. The first-order valence-corrected chi connectivity index (χ1v) is 8.75. The van der Waals surface area contributed by atoms with Crippen LogP contribution in [0.4, 0.5) is 5.82 Å². The average Bonchev–Trinajstić information content (AvgIpc) is 2.60. The van der Waals surface area contributed by atoms with E-state index in [4.69, 9.17) is 9.47 Å². The van der Waals surface area contributed by atoms with Gasteiger partial charge in [-0.15, -0.1) is 0 Å². The van der Waals surface area contributed by atoms with Gasteiger partial charge in [0.1, 0.15) is 5.82 Å². The van der Waals surface area contributed by atoms with Gasteiger partial charge in [-0.25, -0.2) is 4.98 Å². The number of hydrogen-bond acceptors (Lipinski definition) is 5. The summed E-state index contributed by atoms with van der Waals surface area (Å²) in [6, 6.07) is 4.32. The molecule has 3 rings (SSSR count). The third kappa shape index (κ3) is 4.43. The summed E-state index contributed by atoms with van der Waals surface area (Å²) in [5.41, 5.74) is 1.30. The molecule has 5 heteroatoms. The second-order valence-electron chi connectivity index (χ2n) is 6.77. The van der Waals surface area contributed by atoms with E-state index in [-0.39, 0.29) is 0 Å². The average molecular weight is 319 g/mol. The number of ether oxygens (including phenoxy) is 2. The fraction of sp³-hybridized carbons (Fsp3) is 0.722. The van der Waals surface area contributed by atoms with Crippen molar-refractivity contribution < 1.29 is 9.47 Å². The van der Waals surface area contributed by atoms with Crippen molar-refractivity contribution in [3.8, 4) is 0 Å². The highest BCUT2D eigenvalue weighted by Gasteiger charge is 2.31. The second-order valence-corrected chi connectivity index (χ2v) is 6.77. The minimum atomic E-state index is 0.509. The molecule has 23 heavy (non-hydrogen) atoms. The molecular weight excluding hydrogens is 290 g/mol. The first-order chi connectivity index (χ1) is 11.3. The van der Waals surface area contributed by atoms with E-state index in [1.165, 1.54) is 31.4 Å². The van der Waals surface area contributed by atoms with Crippen molar-refractivity contribution in [2.45, 2.75) is 31.9 Å². The number of likely N-dealkylation sites (N-methyl/N-ethyl adjacent to an activating group) is 1. The molecule has 1 aromatic rings. The number of methoxy groups -OCH3 is 1. The molecule has 0 amide bonds. The van der Waals surface area contributed by atoms with Gasteiger partial charge in [-0.2, -0.15) is 0 Å². The standard InChI is InChI=1S/C18H29N3O2/c1-20(9-11-22-2)18-6-5-15(12-19-18)13-21-8-7-17-16(14-21)4-3-10-23-17/h5-6,12,16-17H,3-4,7-11,13-14H2,1-2H3/t16-,17+/m0/s1. The predicted octanol–water partition coefficient (Wildman–Crippen LogP) is 2.17. The summed E-state index contributed by atoms with van der Waals surface area (Å²) in [4.78, 5) is 9.28. The first kappa shape index (κ1) is 16.7. The first-order valence-electron chi connectivity index (χ1n) is 8.75. The van der Waals surface area contributed by atoms with E-state index in [1.807, 2.05) is 6.20 Å². The van der Waals surface area contributed by atoms with Crippen LogP contribution >= 0.6 is 0 Å². The van der Waals surface area contributed by atoms with Crippen LogP contribution in [0.5, 0.6) is 0 Å². The van der Waals surface area contributed by atoms with Crippen LogP contribution in [-0.2, 0) is 16.0 Å². The van der Waals surface area contributed by atoms with E-state index < -0.39 is 0 Å². The van der Waals surface area contributed by atoms with Crippen LogP contribution in [-0.4, -0.2) is 63.0 Å². The highest BCUT2D eigenvalue weighted by molar-refractivity contribution is 5.38. The Morgan fingerprint density at radius 1 is 1.39 bits per heavy atom. The van der Waals surface area contributed by atoms with Gasteiger partial charge < -0.3 is 14.4 Å². The maximum atomic E-state index is 5.90. The Labute approximate surface area is 139 Å². The summed E-state index contributed by atoms with van der Waals surface area (Å²) >= 11 is 0. The molecule has 0 radical (unpaired) electrons. The number of likely N-dealkylation sites (tertiary alicyclic amines) is 1. The van der Waals surface area contributed by atoms with E-state index in [9.17, 15) is 0 Å². The van der Waals surface area contributed by atoms with Gasteiger partial charge in [-0.1, -0.05) is 6.07 Å². The summed E-state index contributed by atoms with van der Waals surface area (Å²) in [6.07, 6.45) is 6.25. The van der Waals surface area contributed by atoms with E-state index in [1.54, 1.807) is 7.11 Å². The van der Waals surface area contributed by atoms with Crippen LogP contribution < -0.4 is 4.90 Å². The summed E-state index contributed by atoms with van der Waals surface area (Å²) in [6.45, 7) is 5.84. The van der Waals surface area contributed by atoms with Crippen LogP contribution in [0.3, 0.4) is 0 Å². The number of anilines is 1. The van der Waals surface area contributed by atoms with E-state index in [0.717, 1.165) is 44.6 Å². The molecule has 0 aliphatic carbocycles. The Morgan fingerprint density at radius 2 is 2.30 bits per heavy atom. The Kier molecular flexibility index (Phi) is 5.86. The zero-order chi connectivity index (χ0) is 16.1. The number of hydrogen-bond donors (Lipinski definition) is 0. The van der Waals surface area contributed by atoms with Gasteiger partial charge >= 0.3 is 0 Å². The maximum absolute atomic E-state index is 5.90. The Bertz CT molecular complexity index is 480. The number of piperidine rings is 1. The maximum Gasteiger partial charge on any atom is 0.128 e. The molecule has 2 aliphatic heterocycles. The molecule has 0 bridgehead atoms.